The molecule has 1 N–H and O–H groups in total. The number of benzene rings is 1. The number of aromatic amines is 1. The van der Waals surface area contributed by atoms with Crippen LogP contribution in [0.25, 0.3) is 10.9 Å². The van der Waals surface area contributed by atoms with Gasteiger partial charge >= 0.3 is 0 Å². The average Bonchev–Trinajstić information content (AvgIpc) is 2.49. The van der Waals surface area contributed by atoms with Crippen molar-refractivity contribution in [2.75, 3.05) is 14.1 Å². The van der Waals surface area contributed by atoms with Crippen LogP contribution in [0.15, 0.2) is 18.3 Å². The van der Waals surface area contributed by atoms with Crippen LogP contribution >= 0.6 is 0 Å². The zero-order chi connectivity index (χ0) is 11.0. The molecule has 1 aromatic carbocycles. The highest BCUT2D eigenvalue weighted by atomic mass is 15.0. The lowest BCUT2D eigenvalue weighted by atomic mass is 10.1. The number of aromatic nitrogens is 1. The molecule has 0 aliphatic rings. The third kappa shape index (κ3) is 1.90. The summed E-state index contributed by atoms with van der Waals surface area (Å²) in [6, 6.07) is 4.50. The molecule has 0 radical (unpaired) electrons. The third-order valence-corrected chi connectivity index (χ3v) is 2.87. The number of nitrogens with zero attached hydrogens (tertiary/aromatic N) is 1. The summed E-state index contributed by atoms with van der Waals surface area (Å²) in [7, 11) is 4.19. The van der Waals surface area contributed by atoms with Crippen LogP contribution in [-0.4, -0.2) is 24.0 Å². The molecule has 0 bridgehead atoms. The summed E-state index contributed by atoms with van der Waals surface area (Å²) in [5, 5.41) is 1.35. The maximum atomic E-state index is 3.33. The van der Waals surface area contributed by atoms with Crippen molar-refractivity contribution >= 4 is 10.9 Å². The van der Waals surface area contributed by atoms with Crippen LogP contribution in [0.5, 0.6) is 0 Å². The topological polar surface area (TPSA) is 19.0 Å². The molecule has 2 rings (SSSR count). The van der Waals surface area contributed by atoms with Crippen molar-refractivity contribution in [3.05, 3.63) is 35.0 Å². The third-order valence-electron chi connectivity index (χ3n) is 2.87. The number of hydrogen-bond acceptors (Lipinski definition) is 1. The van der Waals surface area contributed by atoms with Gasteiger partial charge in [-0.3, -0.25) is 0 Å². The Hall–Kier alpha value is -1.28. The Morgan fingerprint density at radius 1 is 1.13 bits per heavy atom. The highest BCUT2D eigenvalue weighted by molar-refractivity contribution is 5.84. The monoisotopic (exact) mass is 202 g/mol. The Balaban J connectivity index is 2.54. The molecule has 2 nitrogen and oxygen atoms in total. The fourth-order valence-corrected chi connectivity index (χ4v) is 1.92. The summed E-state index contributed by atoms with van der Waals surface area (Å²) in [5.74, 6) is 0. The number of nitrogens with one attached hydrogen (secondary N) is 1. The Morgan fingerprint density at radius 3 is 2.47 bits per heavy atom. The SMILES string of the molecule is Cc1cc2[nH]cc(CN(C)C)c2cc1C. The Kier molecular flexibility index (Phi) is 2.53. The molecule has 0 saturated heterocycles. The van der Waals surface area contributed by atoms with Crippen LogP contribution in [0.4, 0.5) is 0 Å². The predicted octanol–water partition coefficient (Wildman–Crippen LogP) is 2.85. The first-order valence-electron chi connectivity index (χ1n) is 5.30. The molecular formula is C13H18N2. The number of aryl methyl sites for hydroxylation is 2. The maximum absolute atomic E-state index is 3.33. The van der Waals surface area contributed by atoms with Crippen LogP contribution in [0.3, 0.4) is 0 Å². The summed E-state index contributed by atoms with van der Waals surface area (Å²) in [6.07, 6.45) is 2.11. The zero-order valence-electron chi connectivity index (χ0n) is 9.89. The second kappa shape index (κ2) is 3.70. The highest BCUT2D eigenvalue weighted by Gasteiger charge is 2.05. The molecule has 0 aliphatic heterocycles. The van der Waals surface area contributed by atoms with E-state index >= 15 is 0 Å². The van der Waals surface area contributed by atoms with Crippen LogP contribution in [0.2, 0.25) is 0 Å². The molecule has 15 heavy (non-hydrogen) atoms. The predicted molar refractivity (Wildman–Crippen MR) is 65.2 cm³/mol. The molecule has 0 unspecified atom stereocenters. The largest absolute Gasteiger partial charge is 0.361 e. The normalized spacial score (nSPS) is 11.5. The fourth-order valence-electron chi connectivity index (χ4n) is 1.92. The van der Waals surface area contributed by atoms with Crippen molar-refractivity contribution in [1.29, 1.82) is 0 Å². The van der Waals surface area contributed by atoms with Gasteiger partial charge in [-0.1, -0.05) is 0 Å². The van der Waals surface area contributed by atoms with Gasteiger partial charge in [0.2, 0.25) is 0 Å². The Bertz CT molecular complexity index is 480. The first-order chi connectivity index (χ1) is 7.08. The molecule has 0 amide bonds. The van der Waals surface area contributed by atoms with Gasteiger partial charge in [0.05, 0.1) is 0 Å². The van der Waals surface area contributed by atoms with E-state index in [0.717, 1.165) is 6.54 Å². The molecule has 0 saturated carbocycles. The number of hydrogen-bond donors (Lipinski definition) is 1. The molecule has 0 spiro atoms. The standard InChI is InChI=1S/C13H18N2/c1-9-5-12-11(8-15(3)4)7-14-13(12)6-10(9)2/h5-7,14H,8H2,1-4H3. The minimum atomic E-state index is 0.989. The lowest BCUT2D eigenvalue weighted by Crippen LogP contribution is -2.10. The van der Waals surface area contributed by atoms with Gasteiger partial charge in [0.1, 0.15) is 0 Å². The van der Waals surface area contributed by atoms with E-state index in [1.165, 1.54) is 27.6 Å². The summed E-state index contributed by atoms with van der Waals surface area (Å²) >= 11 is 0. The van der Waals surface area contributed by atoms with E-state index in [4.69, 9.17) is 0 Å². The van der Waals surface area contributed by atoms with Gasteiger partial charge in [-0.15, -0.1) is 0 Å². The van der Waals surface area contributed by atoms with E-state index in [2.05, 4.69) is 56.2 Å². The fraction of sp³-hybridized carbons (Fsp3) is 0.385. The Labute approximate surface area is 90.9 Å². The van der Waals surface area contributed by atoms with Crippen molar-refractivity contribution in [2.24, 2.45) is 0 Å². The second-order valence-corrected chi connectivity index (χ2v) is 4.53. The first kappa shape index (κ1) is 10.2. The van der Waals surface area contributed by atoms with E-state index in [0.29, 0.717) is 0 Å². The molecular weight excluding hydrogens is 184 g/mol. The summed E-state index contributed by atoms with van der Waals surface area (Å²) < 4.78 is 0. The first-order valence-corrected chi connectivity index (χ1v) is 5.30. The molecule has 0 fully saturated rings. The quantitative estimate of drug-likeness (QED) is 0.793. The highest BCUT2D eigenvalue weighted by Crippen LogP contribution is 2.22. The van der Waals surface area contributed by atoms with Crippen LogP contribution in [0, 0.1) is 13.8 Å². The van der Waals surface area contributed by atoms with Gasteiger partial charge in [-0.25, -0.2) is 0 Å². The molecule has 2 aromatic rings. The lowest BCUT2D eigenvalue weighted by molar-refractivity contribution is 0.404. The van der Waals surface area contributed by atoms with Gasteiger partial charge in [0.15, 0.2) is 0 Å². The maximum Gasteiger partial charge on any atom is 0.0460 e. The summed E-state index contributed by atoms with van der Waals surface area (Å²) in [5.41, 5.74) is 5.33. The van der Waals surface area contributed by atoms with Crippen molar-refractivity contribution in [3.8, 4) is 0 Å². The van der Waals surface area contributed by atoms with Gasteiger partial charge in [-0.2, -0.15) is 0 Å². The molecule has 0 atom stereocenters. The van der Waals surface area contributed by atoms with Crippen molar-refractivity contribution in [1.82, 2.24) is 9.88 Å². The summed E-state index contributed by atoms with van der Waals surface area (Å²) in [6.45, 7) is 5.31. The van der Waals surface area contributed by atoms with Crippen molar-refractivity contribution in [3.63, 3.8) is 0 Å². The second-order valence-electron chi connectivity index (χ2n) is 4.53. The van der Waals surface area contributed by atoms with Crippen molar-refractivity contribution in [2.45, 2.75) is 20.4 Å². The molecule has 2 heteroatoms. The summed E-state index contributed by atoms with van der Waals surface area (Å²) in [4.78, 5) is 5.53. The van der Waals surface area contributed by atoms with E-state index in [1.54, 1.807) is 0 Å². The van der Waals surface area contributed by atoms with E-state index in [9.17, 15) is 0 Å². The minimum Gasteiger partial charge on any atom is -0.361 e. The van der Waals surface area contributed by atoms with Gasteiger partial charge in [0, 0.05) is 23.6 Å². The van der Waals surface area contributed by atoms with Crippen molar-refractivity contribution < 1.29 is 0 Å². The Morgan fingerprint density at radius 2 is 1.80 bits per heavy atom. The van der Waals surface area contributed by atoms with Gasteiger partial charge in [0.25, 0.3) is 0 Å². The smallest absolute Gasteiger partial charge is 0.0460 e. The molecule has 0 aliphatic carbocycles. The molecule has 1 aromatic heterocycles. The van der Waals surface area contributed by atoms with E-state index in [1.807, 2.05) is 0 Å². The van der Waals surface area contributed by atoms with E-state index < -0.39 is 0 Å². The lowest BCUT2D eigenvalue weighted by Gasteiger charge is -2.08. The molecule has 1 heterocycles. The van der Waals surface area contributed by atoms with Gasteiger partial charge in [-0.05, 0) is 56.8 Å². The van der Waals surface area contributed by atoms with Crippen LogP contribution < -0.4 is 0 Å². The number of H-pyrrole nitrogens is 1. The van der Waals surface area contributed by atoms with Crippen LogP contribution in [-0.2, 0) is 6.54 Å². The average molecular weight is 202 g/mol. The zero-order valence-corrected chi connectivity index (χ0v) is 9.89. The molecule has 80 valence electrons. The number of fused-ring (bicyclic) bond motifs is 1. The number of rotatable bonds is 2. The van der Waals surface area contributed by atoms with E-state index in [-0.39, 0.29) is 0 Å². The minimum absolute atomic E-state index is 0.989. The van der Waals surface area contributed by atoms with Gasteiger partial charge < -0.3 is 9.88 Å². The van der Waals surface area contributed by atoms with Crippen LogP contribution in [0.1, 0.15) is 16.7 Å².